The van der Waals surface area contributed by atoms with Crippen LogP contribution in [0.1, 0.15) is 50.7 Å². The second-order valence-corrected chi connectivity index (χ2v) is 5.62. The highest BCUT2D eigenvalue weighted by molar-refractivity contribution is 5.70. The highest BCUT2D eigenvalue weighted by Gasteiger charge is 2.18. The number of fused-ring (bicyclic) bond motifs is 1. The quantitative estimate of drug-likeness (QED) is 0.848. The van der Waals surface area contributed by atoms with Crippen molar-refractivity contribution in [2.45, 2.75) is 58.9 Å². The summed E-state index contributed by atoms with van der Waals surface area (Å²) in [4.78, 5) is 13.5. The van der Waals surface area contributed by atoms with Gasteiger partial charge in [-0.1, -0.05) is 26.2 Å². The Bertz CT molecular complexity index is 567. The molecule has 2 heterocycles. The molecule has 4 heteroatoms. The molecule has 0 unspecified atom stereocenters. The largest absolute Gasteiger partial charge is 0.312 e. The van der Waals surface area contributed by atoms with Crippen LogP contribution in [-0.2, 0) is 13.0 Å². The van der Waals surface area contributed by atoms with Gasteiger partial charge in [-0.15, -0.1) is 0 Å². The van der Waals surface area contributed by atoms with Crippen LogP contribution in [0.15, 0.2) is 6.20 Å². The third-order valence-electron chi connectivity index (χ3n) is 4.17. The van der Waals surface area contributed by atoms with Crippen LogP contribution in [0, 0.1) is 12.8 Å². The van der Waals surface area contributed by atoms with Crippen LogP contribution in [0.5, 0.6) is 0 Å². The molecule has 1 aliphatic rings. The van der Waals surface area contributed by atoms with Gasteiger partial charge >= 0.3 is 0 Å². The fourth-order valence-corrected chi connectivity index (χ4v) is 3.14. The lowest BCUT2D eigenvalue weighted by Gasteiger charge is -2.22. The van der Waals surface area contributed by atoms with Crippen LogP contribution in [0.2, 0.25) is 0 Å². The topological polar surface area (TPSA) is 43.6 Å². The molecule has 0 bridgehead atoms. The predicted molar refractivity (Wildman–Crippen MR) is 76.0 cm³/mol. The van der Waals surface area contributed by atoms with Crippen molar-refractivity contribution in [2.75, 3.05) is 0 Å². The van der Waals surface area contributed by atoms with Crippen molar-refractivity contribution < 1.29 is 0 Å². The van der Waals surface area contributed by atoms with Crippen molar-refractivity contribution in [1.82, 2.24) is 19.5 Å². The molecule has 0 saturated heterocycles. The molecule has 19 heavy (non-hydrogen) atoms. The maximum Gasteiger partial charge on any atom is 0.163 e. The van der Waals surface area contributed by atoms with Gasteiger partial charge in [0.05, 0.1) is 6.20 Å². The molecule has 0 aromatic carbocycles. The third kappa shape index (κ3) is 2.48. The summed E-state index contributed by atoms with van der Waals surface area (Å²) in [6.07, 6.45) is 9.69. The van der Waals surface area contributed by atoms with Crippen LogP contribution >= 0.6 is 0 Å². The molecular weight excluding hydrogens is 236 g/mol. The highest BCUT2D eigenvalue weighted by atomic mass is 15.1. The van der Waals surface area contributed by atoms with Gasteiger partial charge in [0.25, 0.3) is 0 Å². The summed E-state index contributed by atoms with van der Waals surface area (Å²) in [5.41, 5.74) is 1.97. The molecule has 2 aromatic rings. The summed E-state index contributed by atoms with van der Waals surface area (Å²) < 4.78 is 2.33. The van der Waals surface area contributed by atoms with Gasteiger partial charge in [-0.2, -0.15) is 0 Å². The van der Waals surface area contributed by atoms with E-state index in [1.807, 2.05) is 13.1 Å². The number of rotatable bonds is 3. The molecule has 4 nitrogen and oxygen atoms in total. The standard InChI is InChI=1S/C15H22N4/c1-3-14-18-13-9-16-11(2)17-15(13)19(14)10-12-7-5-4-6-8-12/h9,12H,3-8,10H2,1-2H3. The first-order chi connectivity index (χ1) is 9.28. The number of imidazole rings is 1. The molecule has 3 rings (SSSR count). The van der Waals surface area contributed by atoms with Gasteiger partial charge < -0.3 is 4.57 Å². The van der Waals surface area contributed by atoms with Gasteiger partial charge in [0.2, 0.25) is 0 Å². The summed E-state index contributed by atoms with van der Waals surface area (Å²) in [5.74, 6) is 2.78. The molecule has 1 aliphatic carbocycles. The minimum Gasteiger partial charge on any atom is -0.312 e. The first kappa shape index (κ1) is 12.6. The van der Waals surface area contributed by atoms with E-state index in [0.717, 1.165) is 41.7 Å². The zero-order chi connectivity index (χ0) is 13.2. The van der Waals surface area contributed by atoms with E-state index < -0.39 is 0 Å². The maximum absolute atomic E-state index is 4.68. The molecule has 1 fully saturated rings. The smallest absolute Gasteiger partial charge is 0.163 e. The predicted octanol–water partition coefficient (Wildman–Crippen LogP) is 3.28. The highest BCUT2D eigenvalue weighted by Crippen LogP contribution is 2.27. The zero-order valence-electron chi connectivity index (χ0n) is 11.9. The van der Waals surface area contributed by atoms with Crippen LogP contribution in [0.4, 0.5) is 0 Å². The molecule has 0 amide bonds. The molecule has 0 N–H and O–H groups in total. The van der Waals surface area contributed by atoms with Crippen molar-refractivity contribution in [3.63, 3.8) is 0 Å². The van der Waals surface area contributed by atoms with E-state index in [4.69, 9.17) is 0 Å². The minimum absolute atomic E-state index is 0.798. The Balaban J connectivity index is 1.97. The average Bonchev–Trinajstić information content (AvgIpc) is 2.78. The van der Waals surface area contributed by atoms with E-state index in [1.54, 1.807) is 0 Å². The van der Waals surface area contributed by atoms with Crippen molar-refractivity contribution in [3.05, 3.63) is 17.8 Å². The minimum atomic E-state index is 0.798. The number of nitrogens with zero attached hydrogens (tertiary/aromatic N) is 4. The number of aryl methyl sites for hydroxylation is 2. The lowest BCUT2D eigenvalue weighted by atomic mass is 9.89. The monoisotopic (exact) mass is 258 g/mol. The van der Waals surface area contributed by atoms with Crippen LogP contribution in [0.25, 0.3) is 11.2 Å². The number of hydrogen-bond acceptors (Lipinski definition) is 3. The Morgan fingerprint density at radius 1 is 1.21 bits per heavy atom. The van der Waals surface area contributed by atoms with Gasteiger partial charge in [0.1, 0.15) is 17.2 Å². The fraction of sp³-hybridized carbons (Fsp3) is 0.667. The molecule has 1 saturated carbocycles. The van der Waals surface area contributed by atoms with Crippen molar-refractivity contribution in [3.8, 4) is 0 Å². The summed E-state index contributed by atoms with van der Waals surface area (Å²) in [7, 11) is 0. The molecular formula is C15H22N4. The lowest BCUT2D eigenvalue weighted by molar-refractivity contribution is 0.318. The Labute approximate surface area is 114 Å². The van der Waals surface area contributed by atoms with E-state index >= 15 is 0 Å². The van der Waals surface area contributed by atoms with E-state index in [-0.39, 0.29) is 0 Å². The second kappa shape index (κ2) is 5.27. The Morgan fingerprint density at radius 2 is 2.00 bits per heavy atom. The first-order valence-corrected chi connectivity index (χ1v) is 7.46. The van der Waals surface area contributed by atoms with Crippen molar-refractivity contribution in [2.24, 2.45) is 5.92 Å². The molecule has 0 spiro atoms. The lowest BCUT2D eigenvalue weighted by Crippen LogP contribution is -2.16. The summed E-state index contributed by atoms with van der Waals surface area (Å²) in [6, 6.07) is 0. The molecule has 2 aromatic heterocycles. The van der Waals surface area contributed by atoms with Gasteiger partial charge in [-0.05, 0) is 25.7 Å². The molecule has 102 valence electrons. The van der Waals surface area contributed by atoms with Crippen molar-refractivity contribution in [1.29, 1.82) is 0 Å². The maximum atomic E-state index is 4.68. The third-order valence-corrected chi connectivity index (χ3v) is 4.17. The second-order valence-electron chi connectivity index (χ2n) is 5.62. The molecule has 0 radical (unpaired) electrons. The van der Waals surface area contributed by atoms with E-state index in [0.29, 0.717) is 0 Å². The molecule has 0 atom stereocenters. The normalized spacial score (nSPS) is 17.2. The number of hydrogen-bond donors (Lipinski definition) is 0. The first-order valence-electron chi connectivity index (χ1n) is 7.46. The SMILES string of the molecule is CCc1nc2cnc(C)nc2n1CC1CCCCC1. The zero-order valence-corrected chi connectivity index (χ0v) is 11.9. The average molecular weight is 258 g/mol. The Kier molecular flexibility index (Phi) is 3.49. The van der Waals surface area contributed by atoms with E-state index in [1.165, 1.54) is 32.1 Å². The summed E-state index contributed by atoms with van der Waals surface area (Å²) in [5, 5.41) is 0. The fourth-order valence-electron chi connectivity index (χ4n) is 3.14. The Hall–Kier alpha value is -1.45. The summed E-state index contributed by atoms with van der Waals surface area (Å²) in [6.45, 7) is 5.19. The Morgan fingerprint density at radius 3 is 2.74 bits per heavy atom. The van der Waals surface area contributed by atoms with Crippen LogP contribution in [0.3, 0.4) is 0 Å². The number of aromatic nitrogens is 4. The molecule has 0 aliphatic heterocycles. The van der Waals surface area contributed by atoms with Gasteiger partial charge in [0.15, 0.2) is 5.65 Å². The van der Waals surface area contributed by atoms with E-state index in [9.17, 15) is 0 Å². The van der Waals surface area contributed by atoms with Gasteiger partial charge in [-0.3, -0.25) is 0 Å². The van der Waals surface area contributed by atoms with E-state index in [2.05, 4.69) is 26.4 Å². The summed E-state index contributed by atoms with van der Waals surface area (Å²) >= 11 is 0. The van der Waals surface area contributed by atoms with Gasteiger partial charge in [-0.25, -0.2) is 15.0 Å². The van der Waals surface area contributed by atoms with Crippen LogP contribution < -0.4 is 0 Å². The van der Waals surface area contributed by atoms with Crippen molar-refractivity contribution >= 4 is 11.2 Å². The van der Waals surface area contributed by atoms with Crippen LogP contribution in [-0.4, -0.2) is 19.5 Å². The van der Waals surface area contributed by atoms with Gasteiger partial charge in [0, 0.05) is 13.0 Å².